The highest BCUT2D eigenvalue weighted by Gasteiger charge is 2.35. The van der Waals surface area contributed by atoms with Gasteiger partial charge in [0.2, 0.25) is 5.91 Å². The highest BCUT2D eigenvalue weighted by Crippen LogP contribution is 2.32. The third-order valence-electron chi connectivity index (χ3n) is 6.54. The van der Waals surface area contributed by atoms with Crippen molar-refractivity contribution in [3.8, 4) is 5.75 Å². The van der Waals surface area contributed by atoms with Crippen LogP contribution in [0.15, 0.2) is 42.7 Å². The SMILES string of the molecule is CCc1ccc(C2CC(NC(=O)Oc3cncc(Cl)c3)CN(C(=O)C3CCCC3)C2)cc1. The number of aromatic nitrogens is 1. The van der Waals surface area contributed by atoms with Crippen LogP contribution in [0.1, 0.15) is 56.1 Å². The zero-order valence-electron chi connectivity index (χ0n) is 18.4. The molecular weight excluding hydrogens is 426 g/mol. The molecule has 0 bridgehead atoms. The van der Waals surface area contributed by atoms with E-state index in [9.17, 15) is 9.59 Å². The number of nitrogens with zero attached hydrogens (tertiary/aromatic N) is 2. The zero-order chi connectivity index (χ0) is 22.5. The summed E-state index contributed by atoms with van der Waals surface area (Å²) in [5, 5.41) is 3.36. The third-order valence-corrected chi connectivity index (χ3v) is 6.75. The van der Waals surface area contributed by atoms with Crippen LogP contribution in [0.5, 0.6) is 5.75 Å². The van der Waals surface area contributed by atoms with Crippen LogP contribution in [0.25, 0.3) is 0 Å². The Kier molecular flexibility index (Phi) is 7.30. The molecule has 1 saturated carbocycles. The fraction of sp³-hybridized carbons (Fsp3) is 0.480. The van der Waals surface area contributed by atoms with E-state index in [4.69, 9.17) is 16.3 Å². The minimum atomic E-state index is -0.561. The summed E-state index contributed by atoms with van der Waals surface area (Å²) in [7, 11) is 0. The summed E-state index contributed by atoms with van der Waals surface area (Å²) in [4.78, 5) is 31.6. The Balaban J connectivity index is 1.47. The van der Waals surface area contributed by atoms with Gasteiger partial charge in [0.05, 0.1) is 17.3 Å². The van der Waals surface area contributed by atoms with Gasteiger partial charge in [-0.1, -0.05) is 55.6 Å². The molecule has 2 amide bonds. The number of benzene rings is 1. The summed E-state index contributed by atoms with van der Waals surface area (Å²) < 4.78 is 5.36. The third kappa shape index (κ3) is 5.60. The van der Waals surface area contributed by atoms with Crippen LogP contribution in [0.2, 0.25) is 5.02 Å². The molecule has 2 aliphatic rings. The van der Waals surface area contributed by atoms with Crippen LogP contribution in [-0.2, 0) is 11.2 Å². The normalized spacial score (nSPS) is 21.4. The fourth-order valence-electron chi connectivity index (χ4n) is 4.83. The summed E-state index contributed by atoms with van der Waals surface area (Å²) >= 11 is 5.93. The zero-order valence-corrected chi connectivity index (χ0v) is 19.2. The Labute approximate surface area is 194 Å². The quantitative estimate of drug-likeness (QED) is 0.691. The van der Waals surface area contributed by atoms with Gasteiger partial charge in [-0.05, 0) is 36.8 Å². The molecule has 1 aliphatic heterocycles. The summed E-state index contributed by atoms with van der Waals surface area (Å²) in [6.45, 7) is 3.33. The first kappa shape index (κ1) is 22.6. The Bertz CT molecular complexity index is 944. The number of aryl methyl sites for hydroxylation is 1. The fourth-order valence-corrected chi connectivity index (χ4v) is 5.00. The van der Waals surface area contributed by atoms with Crippen molar-refractivity contribution in [1.82, 2.24) is 15.2 Å². The van der Waals surface area contributed by atoms with Gasteiger partial charge < -0.3 is 15.0 Å². The number of ether oxygens (including phenoxy) is 1. The molecule has 0 spiro atoms. The molecule has 0 radical (unpaired) electrons. The second-order valence-electron chi connectivity index (χ2n) is 8.82. The van der Waals surface area contributed by atoms with E-state index in [0.717, 1.165) is 38.5 Å². The van der Waals surface area contributed by atoms with E-state index in [1.165, 1.54) is 23.5 Å². The minimum Gasteiger partial charge on any atom is -0.409 e. The van der Waals surface area contributed by atoms with Crippen LogP contribution in [0.4, 0.5) is 4.79 Å². The molecule has 1 N–H and O–H groups in total. The molecule has 170 valence electrons. The van der Waals surface area contributed by atoms with Gasteiger partial charge in [-0.3, -0.25) is 9.78 Å². The molecule has 1 aliphatic carbocycles. The molecule has 2 heterocycles. The number of hydrogen-bond donors (Lipinski definition) is 1. The van der Waals surface area contributed by atoms with Gasteiger partial charge in [0.25, 0.3) is 0 Å². The largest absolute Gasteiger partial charge is 0.412 e. The molecule has 1 saturated heterocycles. The van der Waals surface area contributed by atoms with Crippen molar-refractivity contribution < 1.29 is 14.3 Å². The number of halogens is 1. The van der Waals surface area contributed by atoms with Gasteiger partial charge in [-0.15, -0.1) is 0 Å². The monoisotopic (exact) mass is 455 g/mol. The predicted molar refractivity (Wildman–Crippen MR) is 124 cm³/mol. The highest BCUT2D eigenvalue weighted by molar-refractivity contribution is 6.30. The molecule has 4 rings (SSSR count). The minimum absolute atomic E-state index is 0.112. The second-order valence-corrected chi connectivity index (χ2v) is 9.26. The lowest BCUT2D eigenvalue weighted by Crippen LogP contribution is -2.53. The first-order valence-corrected chi connectivity index (χ1v) is 11.9. The molecular formula is C25H30ClN3O3. The average Bonchev–Trinajstić information content (AvgIpc) is 3.33. The number of pyridine rings is 1. The summed E-state index contributed by atoms with van der Waals surface area (Å²) in [6, 6.07) is 9.96. The van der Waals surface area contributed by atoms with E-state index in [0.29, 0.717) is 18.1 Å². The number of likely N-dealkylation sites (tertiary alicyclic amines) is 1. The first-order valence-electron chi connectivity index (χ1n) is 11.5. The average molecular weight is 456 g/mol. The van der Waals surface area contributed by atoms with Crippen molar-refractivity contribution in [2.75, 3.05) is 13.1 Å². The highest BCUT2D eigenvalue weighted by atomic mass is 35.5. The molecule has 2 fully saturated rings. The molecule has 2 aromatic rings. The van der Waals surface area contributed by atoms with Crippen molar-refractivity contribution in [3.63, 3.8) is 0 Å². The maximum absolute atomic E-state index is 13.2. The van der Waals surface area contributed by atoms with Crippen LogP contribution in [0.3, 0.4) is 0 Å². The number of piperidine rings is 1. The van der Waals surface area contributed by atoms with Crippen molar-refractivity contribution in [3.05, 3.63) is 58.9 Å². The topological polar surface area (TPSA) is 71.5 Å². The van der Waals surface area contributed by atoms with Crippen LogP contribution in [0, 0.1) is 5.92 Å². The molecule has 2 unspecified atom stereocenters. The van der Waals surface area contributed by atoms with Gasteiger partial charge in [-0.2, -0.15) is 0 Å². The van der Waals surface area contributed by atoms with Gasteiger partial charge in [0.15, 0.2) is 5.75 Å². The molecule has 6 nitrogen and oxygen atoms in total. The summed E-state index contributed by atoms with van der Waals surface area (Å²) in [6.07, 6.45) is 8.28. The maximum Gasteiger partial charge on any atom is 0.412 e. The predicted octanol–water partition coefficient (Wildman–Crippen LogP) is 4.96. The smallest absolute Gasteiger partial charge is 0.409 e. The van der Waals surface area contributed by atoms with E-state index in [1.807, 2.05) is 4.90 Å². The number of carbonyl (C=O) groups is 2. The first-order chi connectivity index (χ1) is 15.5. The molecule has 1 aromatic carbocycles. The lowest BCUT2D eigenvalue weighted by molar-refractivity contribution is -0.137. The Morgan fingerprint density at radius 1 is 1.16 bits per heavy atom. The standard InChI is InChI=1S/C25H30ClN3O3/c1-2-17-7-9-18(10-8-17)20-11-22(16-29(15-20)24(30)19-5-3-4-6-19)28-25(31)32-23-12-21(26)13-27-14-23/h7-10,12-14,19-20,22H,2-6,11,15-16H2,1H3,(H,28,31). The van der Waals surface area contributed by atoms with Gasteiger partial charge in [0, 0.05) is 37.2 Å². The lowest BCUT2D eigenvalue weighted by atomic mass is 9.87. The Hall–Kier alpha value is -2.60. The van der Waals surface area contributed by atoms with Crippen molar-refractivity contribution in [1.29, 1.82) is 0 Å². The number of carbonyl (C=O) groups excluding carboxylic acids is 2. The Morgan fingerprint density at radius 2 is 1.91 bits per heavy atom. The van der Waals surface area contributed by atoms with Gasteiger partial charge in [0.1, 0.15) is 0 Å². The molecule has 32 heavy (non-hydrogen) atoms. The molecule has 2 atom stereocenters. The van der Waals surface area contributed by atoms with Gasteiger partial charge >= 0.3 is 6.09 Å². The maximum atomic E-state index is 13.2. The number of rotatable bonds is 5. The van der Waals surface area contributed by atoms with E-state index >= 15 is 0 Å². The van der Waals surface area contributed by atoms with Crippen molar-refractivity contribution in [2.24, 2.45) is 5.92 Å². The summed E-state index contributed by atoms with van der Waals surface area (Å²) in [5.74, 6) is 0.785. The van der Waals surface area contributed by atoms with Crippen LogP contribution >= 0.6 is 11.6 Å². The van der Waals surface area contributed by atoms with Crippen LogP contribution in [-0.4, -0.2) is 41.0 Å². The number of hydrogen-bond acceptors (Lipinski definition) is 4. The Morgan fingerprint density at radius 3 is 2.59 bits per heavy atom. The molecule has 7 heteroatoms. The van der Waals surface area contributed by atoms with E-state index in [1.54, 1.807) is 6.07 Å². The second kappa shape index (κ2) is 10.3. The molecule has 1 aromatic heterocycles. The number of amides is 2. The van der Waals surface area contributed by atoms with E-state index in [-0.39, 0.29) is 29.5 Å². The number of nitrogens with one attached hydrogen (secondary N) is 1. The van der Waals surface area contributed by atoms with Gasteiger partial charge in [-0.25, -0.2) is 4.79 Å². The van der Waals surface area contributed by atoms with Crippen molar-refractivity contribution >= 4 is 23.6 Å². The summed E-state index contributed by atoms with van der Waals surface area (Å²) in [5.41, 5.74) is 2.49. The lowest BCUT2D eigenvalue weighted by Gasteiger charge is -2.39. The van der Waals surface area contributed by atoms with Crippen molar-refractivity contribution in [2.45, 2.75) is 57.4 Å². The van der Waals surface area contributed by atoms with E-state index in [2.05, 4.69) is 41.5 Å². The van der Waals surface area contributed by atoms with Crippen LogP contribution < -0.4 is 10.1 Å². The van der Waals surface area contributed by atoms with E-state index < -0.39 is 6.09 Å².